The summed E-state index contributed by atoms with van der Waals surface area (Å²) >= 11 is 0. The summed E-state index contributed by atoms with van der Waals surface area (Å²) in [4.78, 5) is 9.16. The molecule has 47 heavy (non-hydrogen) atoms. The van der Waals surface area contributed by atoms with Crippen LogP contribution in [0.25, 0.3) is 55.2 Å². The third-order valence-electron chi connectivity index (χ3n) is 8.44. The Kier molecular flexibility index (Phi) is 10.2. The molecule has 7 aromatic rings. The first kappa shape index (κ1) is 32.7. The van der Waals surface area contributed by atoms with Gasteiger partial charge in [0, 0.05) is 33.9 Å². The van der Waals surface area contributed by atoms with Crippen molar-refractivity contribution in [3.05, 3.63) is 151 Å². The number of rotatable bonds is 5. The number of pyridine rings is 2. The summed E-state index contributed by atoms with van der Waals surface area (Å²) in [6.07, 6.45) is 3.82. The van der Waals surface area contributed by atoms with Gasteiger partial charge in [0.2, 0.25) is 0 Å². The Balaban J connectivity index is 0.000000184. The van der Waals surface area contributed by atoms with Crippen LogP contribution < -0.4 is 5.19 Å². The second-order valence-corrected chi connectivity index (χ2v) is 18.1. The molecule has 2 heterocycles. The van der Waals surface area contributed by atoms with Gasteiger partial charge in [-0.2, -0.15) is 0 Å². The van der Waals surface area contributed by atoms with Crippen LogP contribution in [0.4, 0.5) is 0 Å². The van der Waals surface area contributed by atoms with Crippen LogP contribution in [0.15, 0.2) is 128 Å². The molecule has 7 rings (SSSR count). The van der Waals surface area contributed by atoms with Crippen molar-refractivity contribution >= 4 is 34.8 Å². The molecule has 0 unspecified atom stereocenters. The number of aryl methyl sites for hydroxylation is 1. The average Bonchev–Trinajstić information content (AvgIpc) is 3.08. The minimum atomic E-state index is -1.30. The second-order valence-electron chi connectivity index (χ2n) is 13.1. The number of aromatic nitrogens is 2. The molecule has 0 amide bonds. The zero-order valence-electron chi connectivity index (χ0n) is 28.9. The van der Waals surface area contributed by atoms with Gasteiger partial charge in [-0.15, -0.1) is 58.5 Å². The summed E-state index contributed by atoms with van der Waals surface area (Å²) in [5.74, 6) is -0.634. The van der Waals surface area contributed by atoms with E-state index in [4.69, 9.17) is 1.37 Å². The fourth-order valence-electron chi connectivity index (χ4n) is 5.62. The molecule has 0 saturated heterocycles. The molecule has 1 radical (unpaired) electrons. The Morgan fingerprint density at radius 2 is 1.38 bits per heavy atom. The molecule has 0 aliphatic carbocycles. The summed E-state index contributed by atoms with van der Waals surface area (Å²) in [5.41, 5.74) is 8.54. The minimum Gasteiger partial charge on any atom is -0.305 e. The fourth-order valence-corrected chi connectivity index (χ4v) is 6.66. The number of hydrogen-bond acceptors (Lipinski definition) is 2. The zero-order valence-corrected chi connectivity index (χ0v) is 31.2. The molecule has 2 nitrogen and oxygen atoms in total. The van der Waals surface area contributed by atoms with Gasteiger partial charge in [-0.1, -0.05) is 147 Å². The molecule has 5 aromatic carbocycles. The maximum atomic E-state index is 8.22. The smallest absolute Gasteiger partial charge is 0.0795 e. The first-order valence-corrected chi connectivity index (χ1v) is 19.3. The SMILES string of the molecule is Cc1c[c-]c(-c2ccc([Si](C)(C)C)cn2)cc1-c1ccccc1.[2H]C(C)(C)c1ccnc(-c2[c-]cc3c(ccc4ccccc43)c2)c1.[Ir]. The summed E-state index contributed by atoms with van der Waals surface area (Å²) in [7, 11) is -1.30. The van der Waals surface area contributed by atoms with Gasteiger partial charge < -0.3 is 9.97 Å². The molecular weight excluding hydrogens is 765 g/mol. The Hall–Kier alpha value is -4.21. The van der Waals surface area contributed by atoms with Crippen molar-refractivity contribution in [1.82, 2.24) is 9.97 Å². The van der Waals surface area contributed by atoms with E-state index >= 15 is 0 Å². The summed E-state index contributed by atoms with van der Waals surface area (Å²) in [5, 5.41) is 6.25. The van der Waals surface area contributed by atoms with Crippen molar-refractivity contribution in [2.24, 2.45) is 0 Å². The standard InChI is InChI=1S/C22H18N.C21H22NSi.Ir/c1-15(2)17-11-12-23-22(14-17)19-9-10-21-18(13-19)8-7-16-5-3-4-6-20(16)21;1-16-10-11-18(14-20(16)17-8-6-5-7-9-17)21-13-12-19(15-22-21)23(2,3)4;/h3-8,10-15H,1-2H3;5-10,12-15H,1-4H3;/q2*-1;/i15D;;. The predicted octanol–water partition coefficient (Wildman–Crippen LogP) is 11.0. The van der Waals surface area contributed by atoms with Gasteiger partial charge in [-0.25, -0.2) is 0 Å². The van der Waals surface area contributed by atoms with Gasteiger partial charge in [0.05, 0.1) is 8.07 Å². The Labute approximate surface area is 295 Å². The van der Waals surface area contributed by atoms with Crippen molar-refractivity contribution < 1.29 is 21.5 Å². The van der Waals surface area contributed by atoms with Crippen molar-refractivity contribution in [3.8, 4) is 33.6 Å². The molecule has 0 aliphatic heterocycles. The second kappa shape index (κ2) is 14.7. The molecule has 0 bridgehead atoms. The monoisotopic (exact) mass is 806 g/mol. The van der Waals surface area contributed by atoms with E-state index in [-0.39, 0.29) is 20.1 Å². The van der Waals surface area contributed by atoms with Crippen LogP contribution in [-0.4, -0.2) is 18.0 Å². The average molecular weight is 806 g/mol. The van der Waals surface area contributed by atoms with E-state index in [1.165, 1.54) is 43.4 Å². The van der Waals surface area contributed by atoms with Gasteiger partial charge >= 0.3 is 0 Å². The van der Waals surface area contributed by atoms with Crippen LogP contribution in [0.1, 0.15) is 32.2 Å². The first-order valence-electron chi connectivity index (χ1n) is 16.3. The van der Waals surface area contributed by atoms with Gasteiger partial charge in [-0.3, -0.25) is 0 Å². The molecule has 4 heteroatoms. The van der Waals surface area contributed by atoms with Gasteiger partial charge in [-0.05, 0) is 39.5 Å². The van der Waals surface area contributed by atoms with Crippen LogP contribution >= 0.6 is 0 Å². The molecule has 0 atom stereocenters. The van der Waals surface area contributed by atoms with E-state index in [9.17, 15) is 0 Å². The number of hydrogen-bond donors (Lipinski definition) is 0. The van der Waals surface area contributed by atoms with Crippen molar-refractivity contribution in [3.63, 3.8) is 0 Å². The quantitative estimate of drug-likeness (QED) is 0.0984. The normalized spacial score (nSPS) is 11.7. The van der Waals surface area contributed by atoms with Gasteiger partial charge in [0.25, 0.3) is 0 Å². The molecular formula is C43H40IrN2Si-2. The molecule has 0 aliphatic rings. The molecule has 237 valence electrons. The van der Waals surface area contributed by atoms with E-state index in [1.807, 2.05) is 44.3 Å². The zero-order chi connectivity index (χ0) is 33.2. The maximum Gasteiger partial charge on any atom is 0.0795 e. The van der Waals surface area contributed by atoms with Gasteiger partial charge in [0.15, 0.2) is 0 Å². The third kappa shape index (κ3) is 7.85. The van der Waals surface area contributed by atoms with Crippen molar-refractivity contribution in [2.75, 3.05) is 0 Å². The van der Waals surface area contributed by atoms with Crippen molar-refractivity contribution in [1.29, 1.82) is 0 Å². The topological polar surface area (TPSA) is 25.8 Å². The number of benzene rings is 5. The molecule has 0 N–H and O–H groups in total. The maximum absolute atomic E-state index is 8.22. The summed E-state index contributed by atoms with van der Waals surface area (Å²) in [6.45, 7) is 12.9. The van der Waals surface area contributed by atoms with Crippen LogP contribution in [0.3, 0.4) is 0 Å². The predicted molar refractivity (Wildman–Crippen MR) is 199 cm³/mol. The van der Waals surface area contributed by atoms with E-state index in [0.29, 0.717) is 0 Å². The van der Waals surface area contributed by atoms with Crippen LogP contribution in [0.2, 0.25) is 19.6 Å². The van der Waals surface area contributed by atoms with Gasteiger partial charge in [0.1, 0.15) is 0 Å². The Morgan fingerprint density at radius 3 is 2.11 bits per heavy atom. The fraction of sp³-hybridized carbons (Fsp3) is 0.163. The number of fused-ring (bicyclic) bond motifs is 3. The molecule has 0 saturated carbocycles. The molecule has 0 spiro atoms. The van der Waals surface area contributed by atoms with E-state index in [2.05, 4.69) is 140 Å². The summed E-state index contributed by atoms with van der Waals surface area (Å²) in [6, 6.07) is 46.6. The van der Waals surface area contributed by atoms with E-state index < -0.39 is 14.0 Å². The van der Waals surface area contributed by atoms with E-state index in [1.54, 1.807) is 6.20 Å². The molecule has 0 fully saturated rings. The first-order chi connectivity index (χ1) is 22.5. The van der Waals surface area contributed by atoms with Crippen LogP contribution in [-0.2, 0) is 20.1 Å². The van der Waals surface area contributed by atoms with E-state index in [0.717, 1.165) is 28.1 Å². The number of nitrogens with zero attached hydrogens (tertiary/aromatic N) is 2. The molecule has 2 aromatic heterocycles. The Bertz CT molecular complexity index is 2170. The van der Waals surface area contributed by atoms with Crippen LogP contribution in [0.5, 0.6) is 0 Å². The third-order valence-corrected chi connectivity index (χ3v) is 10.5. The summed E-state index contributed by atoms with van der Waals surface area (Å²) < 4.78 is 8.22. The van der Waals surface area contributed by atoms with Crippen molar-refractivity contribution in [2.45, 2.75) is 46.3 Å². The minimum absolute atomic E-state index is 0. The largest absolute Gasteiger partial charge is 0.305 e. The Morgan fingerprint density at radius 1 is 0.681 bits per heavy atom. The van der Waals surface area contributed by atoms with Crippen LogP contribution in [0, 0.1) is 19.1 Å².